The highest BCUT2D eigenvalue weighted by molar-refractivity contribution is 7.89. The van der Waals surface area contributed by atoms with Crippen LogP contribution in [0.3, 0.4) is 0 Å². The quantitative estimate of drug-likeness (QED) is 0.845. The van der Waals surface area contributed by atoms with Gasteiger partial charge in [-0.05, 0) is 25.1 Å². The minimum Gasteiger partial charge on any atom is -0.393 e. The first-order valence-corrected chi connectivity index (χ1v) is 7.49. The molecule has 18 heavy (non-hydrogen) atoms. The van der Waals surface area contributed by atoms with E-state index in [1.807, 2.05) is 0 Å². The molecule has 4 nitrogen and oxygen atoms in total. The van der Waals surface area contributed by atoms with Gasteiger partial charge in [-0.1, -0.05) is 29.9 Å². The SMILES string of the molecule is CC(CC(N)=S)N(C)S(=O)(=O)c1cccc(Cl)c1. The highest BCUT2D eigenvalue weighted by Gasteiger charge is 2.25. The normalized spacial score (nSPS) is 13.6. The smallest absolute Gasteiger partial charge is 0.243 e. The van der Waals surface area contributed by atoms with E-state index in [4.69, 9.17) is 29.6 Å². The molecular formula is C11H15ClN2O2S2. The fourth-order valence-corrected chi connectivity index (χ4v) is 3.35. The van der Waals surface area contributed by atoms with Gasteiger partial charge in [0.15, 0.2) is 0 Å². The van der Waals surface area contributed by atoms with E-state index in [2.05, 4.69) is 0 Å². The molecule has 0 aromatic heterocycles. The first-order valence-electron chi connectivity index (χ1n) is 5.27. The van der Waals surface area contributed by atoms with Crippen molar-refractivity contribution in [1.29, 1.82) is 0 Å². The Hall–Kier alpha value is -0.690. The van der Waals surface area contributed by atoms with E-state index in [9.17, 15) is 8.42 Å². The number of rotatable bonds is 5. The van der Waals surface area contributed by atoms with Crippen molar-refractivity contribution in [1.82, 2.24) is 4.31 Å². The van der Waals surface area contributed by atoms with Gasteiger partial charge in [0.25, 0.3) is 0 Å². The molecule has 0 saturated carbocycles. The summed E-state index contributed by atoms with van der Waals surface area (Å²) in [5, 5.41) is 0.381. The summed E-state index contributed by atoms with van der Waals surface area (Å²) in [6, 6.07) is 5.85. The maximum atomic E-state index is 12.3. The summed E-state index contributed by atoms with van der Waals surface area (Å²) >= 11 is 10.6. The van der Waals surface area contributed by atoms with Crippen LogP contribution in [-0.2, 0) is 10.0 Å². The zero-order valence-corrected chi connectivity index (χ0v) is 12.5. The Bertz CT molecular complexity index is 546. The predicted molar refractivity (Wildman–Crippen MR) is 77.3 cm³/mol. The van der Waals surface area contributed by atoms with Crippen molar-refractivity contribution >= 4 is 38.8 Å². The van der Waals surface area contributed by atoms with E-state index in [0.29, 0.717) is 11.4 Å². The molecule has 0 fully saturated rings. The molecule has 100 valence electrons. The molecule has 1 aromatic rings. The van der Waals surface area contributed by atoms with Crippen LogP contribution in [0.2, 0.25) is 5.02 Å². The average molecular weight is 307 g/mol. The van der Waals surface area contributed by atoms with Crippen molar-refractivity contribution in [2.24, 2.45) is 5.73 Å². The Morgan fingerprint density at radius 3 is 2.67 bits per heavy atom. The Morgan fingerprint density at radius 1 is 1.56 bits per heavy atom. The van der Waals surface area contributed by atoms with Crippen molar-refractivity contribution in [3.8, 4) is 0 Å². The third kappa shape index (κ3) is 3.65. The number of halogens is 1. The van der Waals surface area contributed by atoms with Gasteiger partial charge in [0.05, 0.1) is 9.88 Å². The van der Waals surface area contributed by atoms with Crippen molar-refractivity contribution in [2.75, 3.05) is 7.05 Å². The Balaban J connectivity index is 3.03. The number of nitrogens with zero attached hydrogens (tertiary/aromatic N) is 1. The third-order valence-electron chi connectivity index (χ3n) is 2.59. The number of benzene rings is 1. The van der Waals surface area contributed by atoms with Gasteiger partial charge < -0.3 is 5.73 Å². The molecule has 0 bridgehead atoms. The van der Waals surface area contributed by atoms with Crippen LogP contribution in [-0.4, -0.2) is 30.8 Å². The molecule has 0 aliphatic carbocycles. The molecule has 0 spiro atoms. The molecule has 1 aromatic carbocycles. The van der Waals surface area contributed by atoms with Crippen LogP contribution in [0.1, 0.15) is 13.3 Å². The molecule has 1 atom stereocenters. The van der Waals surface area contributed by atoms with E-state index in [1.54, 1.807) is 19.1 Å². The molecule has 1 rings (SSSR count). The van der Waals surface area contributed by atoms with Gasteiger partial charge in [-0.3, -0.25) is 0 Å². The molecule has 1 unspecified atom stereocenters. The number of nitrogens with two attached hydrogens (primary N) is 1. The van der Waals surface area contributed by atoms with E-state index in [1.165, 1.54) is 23.5 Å². The lowest BCUT2D eigenvalue weighted by molar-refractivity contribution is 0.397. The fraction of sp³-hybridized carbons (Fsp3) is 0.364. The van der Waals surface area contributed by atoms with E-state index in [0.717, 1.165) is 0 Å². The topological polar surface area (TPSA) is 63.4 Å². The summed E-state index contributed by atoms with van der Waals surface area (Å²) in [5.74, 6) is 0. The summed E-state index contributed by atoms with van der Waals surface area (Å²) < 4.78 is 25.8. The van der Waals surface area contributed by atoms with Gasteiger partial charge in [0, 0.05) is 24.5 Å². The lowest BCUT2D eigenvalue weighted by Crippen LogP contribution is -2.37. The van der Waals surface area contributed by atoms with Crippen LogP contribution in [0.4, 0.5) is 0 Å². The zero-order chi connectivity index (χ0) is 13.9. The first kappa shape index (κ1) is 15.4. The standard InChI is InChI=1S/C11H15ClN2O2S2/c1-8(6-11(13)17)14(2)18(15,16)10-5-3-4-9(12)7-10/h3-5,7-8H,6H2,1-2H3,(H2,13,17). The zero-order valence-electron chi connectivity index (χ0n) is 10.1. The van der Waals surface area contributed by atoms with Crippen LogP contribution in [0.5, 0.6) is 0 Å². The summed E-state index contributed by atoms with van der Waals surface area (Å²) in [6.45, 7) is 1.75. The van der Waals surface area contributed by atoms with Crippen molar-refractivity contribution in [3.05, 3.63) is 29.3 Å². The molecule has 0 amide bonds. The first-order chi connectivity index (χ1) is 8.25. The van der Waals surface area contributed by atoms with Gasteiger partial charge in [0.1, 0.15) is 0 Å². The van der Waals surface area contributed by atoms with Crippen LogP contribution < -0.4 is 5.73 Å². The minimum atomic E-state index is -3.57. The minimum absolute atomic E-state index is 0.160. The number of hydrogen-bond donors (Lipinski definition) is 1. The van der Waals surface area contributed by atoms with Crippen LogP contribution in [0.25, 0.3) is 0 Å². The van der Waals surface area contributed by atoms with Gasteiger partial charge >= 0.3 is 0 Å². The fourth-order valence-electron chi connectivity index (χ4n) is 1.45. The van der Waals surface area contributed by atoms with Gasteiger partial charge in [0.2, 0.25) is 10.0 Å². The Kier molecular flexibility index (Phi) is 5.10. The van der Waals surface area contributed by atoms with Crippen LogP contribution in [0.15, 0.2) is 29.2 Å². The van der Waals surface area contributed by atoms with Crippen LogP contribution >= 0.6 is 23.8 Å². The monoisotopic (exact) mass is 306 g/mol. The van der Waals surface area contributed by atoms with Crippen molar-refractivity contribution < 1.29 is 8.42 Å². The molecule has 0 radical (unpaired) electrons. The molecule has 0 aliphatic heterocycles. The number of sulfonamides is 1. The van der Waals surface area contributed by atoms with E-state index >= 15 is 0 Å². The predicted octanol–water partition coefficient (Wildman–Crippen LogP) is 2.03. The molecule has 2 N–H and O–H groups in total. The lowest BCUT2D eigenvalue weighted by Gasteiger charge is -2.24. The second kappa shape index (κ2) is 5.97. The van der Waals surface area contributed by atoms with Crippen molar-refractivity contribution in [3.63, 3.8) is 0 Å². The summed E-state index contributed by atoms with van der Waals surface area (Å²) in [5.41, 5.74) is 5.43. The molecule has 0 saturated heterocycles. The van der Waals surface area contributed by atoms with Crippen molar-refractivity contribution in [2.45, 2.75) is 24.3 Å². The Labute approximate surface area is 118 Å². The van der Waals surface area contributed by atoms with Gasteiger partial charge in [-0.25, -0.2) is 8.42 Å². The molecule has 0 heterocycles. The maximum absolute atomic E-state index is 12.3. The highest BCUT2D eigenvalue weighted by atomic mass is 35.5. The molecule has 0 aliphatic rings. The molecule has 7 heteroatoms. The summed E-state index contributed by atoms with van der Waals surface area (Å²) in [7, 11) is -2.07. The Morgan fingerprint density at radius 2 is 2.17 bits per heavy atom. The van der Waals surface area contributed by atoms with Gasteiger partial charge in [-0.15, -0.1) is 0 Å². The maximum Gasteiger partial charge on any atom is 0.243 e. The summed E-state index contributed by atoms with van der Waals surface area (Å²) in [4.78, 5) is 0.447. The largest absolute Gasteiger partial charge is 0.393 e. The van der Waals surface area contributed by atoms with E-state index < -0.39 is 10.0 Å². The second-order valence-corrected chi connectivity index (χ2v) is 6.96. The lowest BCUT2D eigenvalue weighted by atomic mass is 10.2. The second-order valence-electron chi connectivity index (χ2n) is 4.00. The number of hydrogen-bond acceptors (Lipinski definition) is 3. The number of thiocarbonyl (C=S) groups is 1. The third-order valence-corrected chi connectivity index (χ3v) is 4.96. The van der Waals surface area contributed by atoms with Gasteiger partial charge in [-0.2, -0.15) is 4.31 Å². The van der Waals surface area contributed by atoms with E-state index in [-0.39, 0.29) is 15.9 Å². The van der Waals surface area contributed by atoms with Crippen LogP contribution in [0, 0.1) is 0 Å². The highest BCUT2D eigenvalue weighted by Crippen LogP contribution is 2.20. The summed E-state index contributed by atoms with van der Waals surface area (Å²) in [6.07, 6.45) is 0.339. The average Bonchev–Trinajstić information content (AvgIpc) is 2.27. The molecular weight excluding hydrogens is 292 g/mol.